The average Bonchev–Trinajstić information content (AvgIpc) is 2.69. The summed E-state index contributed by atoms with van der Waals surface area (Å²) in [4.78, 5) is 26.2. The van der Waals surface area contributed by atoms with Gasteiger partial charge in [-0.05, 0) is 12.1 Å². The molecule has 7 nitrogen and oxygen atoms in total. The molecule has 2 aromatic rings. The van der Waals surface area contributed by atoms with Crippen molar-refractivity contribution >= 4 is 51.5 Å². The topological polar surface area (TPSA) is 99.8 Å². The van der Waals surface area contributed by atoms with Crippen LogP contribution >= 0.6 is 23.4 Å². The molecule has 28 heavy (non-hydrogen) atoms. The summed E-state index contributed by atoms with van der Waals surface area (Å²) in [7, 11) is 0. The number of nitrogens with zero attached hydrogens (tertiary/aromatic N) is 2. The third-order valence-electron chi connectivity index (χ3n) is 4.49. The Balaban J connectivity index is 1.93. The Kier molecular flexibility index (Phi) is 4.80. The summed E-state index contributed by atoms with van der Waals surface area (Å²) in [5, 5.41) is 7.17. The summed E-state index contributed by atoms with van der Waals surface area (Å²) in [5.41, 5.74) is 11.5. The fraction of sp³-hybridized carbons (Fsp3) is 0.105. The summed E-state index contributed by atoms with van der Waals surface area (Å²) in [5.74, 6) is -0.429. The van der Waals surface area contributed by atoms with Crippen LogP contribution in [0.25, 0.3) is 5.70 Å². The first-order chi connectivity index (χ1) is 13.5. The Labute approximate surface area is 170 Å². The molecule has 0 spiro atoms. The molecule has 4 N–H and O–H groups in total. The van der Waals surface area contributed by atoms with E-state index in [4.69, 9.17) is 29.1 Å². The predicted octanol–water partition coefficient (Wildman–Crippen LogP) is 2.70. The van der Waals surface area contributed by atoms with E-state index in [1.54, 1.807) is 42.5 Å². The van der Waals surface area contributed by atoms with Crippen molar-refractivity contribution in [3.05, 3.63) is 70.3 Å². The number of nitrogens with two attached hydrogens (primary N) is 1. The molecule has 2 aromatic carbocycles. The van der Waals surface area contributed by atoms with Gasteiger partial charge in [-0.15, -0.1) is 9.74 Å². The number of carbonyl (C=O) groups excluding carboxylic acids is 2. The van der Waals surface area contributed by atoms with E-state index in [0.29, 0.717) is 52.3 Å². The predicted molar refractivity (Wildman–Crippen MR) is 109 cm³/mol. The highest BCUT2D eigenvalue weighted by Gasteiger charge is 2.33. The van der Waals surface area contributed by atoms with Crippen LogP contribution in [0.2, 0.25) is 0 Å². The van der Waals surface area contributed by atoms with E-state index in [0.717, 1.165) is 4.64 Å². The molecule has 0 atom stereocenters. The van der Waals surface area contributed by atoms with Crippen molar-refractivity contribution in [3.63, 3.8) is 0 Å². The summed E-state index contributed by atoms with van der Waals surface area (Å²) < 4.78 is 0.950. The van der Waals surface area contributed by atoms with Crippen LogP contribution in [0.15, 0.2) is 47.6 Å². The average molecular weight is 416 g/mol. The number of nitrogens with one attached hydrogen (secondary N) is 2. The highest BCUT2D eigenvalue weighted by molar-refractivity contribution is 6.69. The lowest BCUT2D eigenvalue weighted by atomic mass is 9.81. The number of hydrogen-bond donors (Lipinski definition) is 3. The Hall–Kier alpha value is -2.87. The number of ketones is 2. The highest BCUT2D eigenvalue weighted by atomic mass is 35.5. The summed E-state index contributed by atoms with van der Waals surface area (Å²) in [6, 6.07) is 10.2. The number of hydrogen-bond acceptors (Lipinski definition) is 7. The van der Waals surface area contributed by atoms with Crippen molar-refractivity contribution < 1.29 is 9.59 Å². The number of anilines is 1. The highest BCUT2D eigenvalue weighted by Crippen LogP contribution is 2.37. The lowest BCUT2D eigenvalue weighted by molar-refractivity contribution is 0.0979. The molecular weight excluding hydrogens is 401 g/mol. The molecule has 1 aliphatic carbocycles. The standard InChI is InChI=1S/C19H15Cl2N5O2/c20-15-9-14(24-26(21)25-15)12-5-6-13-16(17(12)23-8-7-22)19(28)11-4-2-1-3-10(11)18(13)27/h1-6,9,23-24H,7-8,22H2. The van der Waals surface area contributed by atoms with Crippen molar-refractivity contribution in [1.29, 1.82) is 0 Å². The molecule has 4 rings (SSSR count). The zero-order valence-corrected chi connectivity index (χ0v) is 16.0. The molecule has 9 heteroatoms. The first-order valence-electron chi connectivity index (χ1n) is 8.49. The van der Waals surface area contributed by atoms with E-state index in [-0.39, 0.29) is 16.7 Å². The third-order valence-corrected chi connectivity index (χ3v) is 4.83. The number of rotatable bonds is 4. The molecule has 2 aliphatic rings. The fourth-order valence-corrected chi connectivity index (χ4v) is 3.71. The Morgan fingerprint density at radius 3 is 2.39 bits per heavy atom. The minimum absolute atomic E-state index is 0.166. The lowest BCUT2D eigenvalue weighted by Gasteiger charge is -2.26. The van der Waals surface area contributed by atoms with Gasteiger partial charge in [0.05, 0.1) is 28.7 Å². The number of carbonyl (C=O) groups is 2. The maximum atomic E-state index is 13.3. The van der Waals surface area contributed by atoms with Gasteiger partial charge in [0, 0.05) is 41.4 Å². The van der Waals surface area contributed by atoms with Crippen LogP contribution < -0.4 is 16.5 Å². The van der Waals surface area contributed by atoms with Gasteiger partial charge in [-0.1, -0.05) is 35.9 Å². The lowest BCUT2D eigenvalue weighted by Crippen LogP contribution is -2.30. The number of fused-ring (bicyclic) bond motifs is 2. The molecule has 142 valence electrons. The normalized spacial score (nSPS) is 15.3. The van der Waals surface area contributed by atoms with Crippen LogP contribution in [0.4, 0.5) is 5.69 Å². The van der Waals surface area contributed by atoms with Gasteiger partial charge in [0.15, 0.2) is 16.7 Å². The van der Waals surface area contributed by atoms with E-state index in [2.05, 4.69) is 15.8 Å². The number of hydrazine groups is 1. The molecule has 0 amide bonds. The minimum Gasteiger partial charge on any atom is -0.383 e. The molecule has 1 aliphatic heterocycles. The smallest absolute Gasteiger partial charge is 0.196 e. The van der Waals surface area contributed by atoms with Gasteiger partial charge in [0.1, 0.15) is 0 Å². The molecule has 0 saturated heterocycles. The van der Waals surface area contributed by atoms with E-state index in [1.807, 2.05) is 0 Å². The Bertz CT molecular complexity index is 1060. The SMILES string of the molecule is NCCNc1c(C2=CC(Cl)=NN(Cl)N2)ccc2c1C(=O)c1ccccc1C2=O. The zero-order chi connectivity index (χ0) is 19.8. The second-order valence-electron chi connectivity index (χ2n) is 6.18. The molecular formula is C19H15Cl2N5O2. The number of allylic oxidation sites excluding steroid dienone is 1. The van der Waals surface area contributed by atoms with E-state index < -0.39 is 0 Å². The van der Waals surface area contributed by atoms with Crippen LogP contribution in [-0.2, 0) is 0 Å². The first-order valence-corrected chi connectivity index (χ1v) is 9.21. The second kappa shape index (κ2) is 7.27. The van der Waals surface area contributed by atoms with Gasteiger partial charge in [-0.2, -0.15) is 0 Å². The van der Waals surface area contributed by atoms with E-state index >= 15 is 0 Å². The van der Waals surface area contributed by atoms with Crippen molar-refractivity contribution in [2.75, 3.05) is 18.4 Å². The minimum atomic E-state index is -0.231. The van der Waals surface area contributed by atoms with Gasteiger partial charge in [0.2, 0.25) is 0 Å². The van der Waals surface area contributed by atoms with Crippen molar-refractivity contribution in [1.82, 2.24) is 10.1 Å². The molecule has 1 heterocycles. The van der Waals surface area contributed by atoms with Gasteiger partial charge >= 0.3 is 0 Å². The first kappa shape index (κ1) is 18.5. The third kappa shape index (κ3) is 3.03. The quantitative estimate of drug-likeness (QED) is 0.566. The maximum absolute atomic E-state index is 13.3. The zero-order valence-electron chi connectivity index (χ0n) is 14.5. The van der Waals surface area contributed by atoms with Crippen LogP contribution in [0, 0.1) is 0 Å². The van der Waals surface area contributed by atoms with Gasteiger partial charge in [0.25, 0.3) is 0 Å². The van der Waals surface area contributed by atoms with Gasteiger partial charge in [-0.25, -0.2) is 0 Å². The van der Waals surface area contributed by atoms with Crippen LogP contribution in [0.1, 0.15) is 37.4 Å². The Morgan fingerprint density at radius 2 is 1.71 bits per heavy atom. The van der Waals surface area contributed by atoms with Gasteiger partial charge < -0.3 is 11.1 Å². The van der Waals surface area contributed by atoms with Crippen molar-refractivity contribution in [2.45, 2.75) is 0 Å². The number of hydrazone groups is 1. The molecule has 0 fully saturated rings. The van der Waals surface area contributed by atoms with Crippen LogP contribution in [0.3, 0.4) is 0 Å². The molecule has 0 aromatic heterocycles. The van der Waals surface area contributed by atoms with Crippen molar-refractivity contribution in [3.8, 4) is 0 Å². The summed E-state index contributed by atoms with van der Waals surface area (Å²) in [6.07, 6.45) is 1.58. The molecule has 0 radical (unpaired) electrons. The summed E-state index contributed by atoms with van der Waals surface area (Å²) in [6.45, 7) is 0.754. The second-order valence-corrected chi connectivity index (χ2v) is 6.89. The Morgan fingerprint density at radius 1 is 1.04 bits per heavy atom. The number of benzene rings is 2. The van der Waals surface area contributed by atoms with E-state index in [1.165, 1.54) is 0 Å². The van der Waals surface area contributed by atoms with Crippen LogP contribution in [0.5, 0.6) is 0 Å². The fourth-order valence-electron chi connectivity index (χ4n) is 3.32. The molecule has 0 saturated carbocycles. The largest absolute Gasteiger partial charge is 0.383 e. The molecule has 0 bridgehead atoms. The monoisotopic (exact) mass is 415 g/mol. The van der Waals surface area contributed by atoms with Crippen molar-refractivity contribution in [2.24, 2.45) is 10.8 Å². The van der Waals surface area contributed by atoms with Crippen LogP contribution in [-0.4, -0.2) is 34.5 Å². The van der Waals surface area contributed by atoms with Gasteiger partial charge in [-0.3, -0.25) is 15.0 Å². The molecule has 0 unspecified atom stereocenters. The summed E-state index contributed by atoms with van der Waals surface area (Å²) >= 11 is 11.9. The maximum Gasteiger partial charge on any atom is 0.196 e. The van der Waals surface area contributed by atoms with E-state index in [9.17, 15) is 9.59 Å². The number of halogens is 2.